The number of ketones is 1. The van der Waals surface area contributed by atoms with Crippen molar-refractivity contribution >= 4 is 23.5 Å². The Hall–Kier alpha value is -1.87. The number of thioether (sulfide) groups is 1. The van der Waals surface area contributed by atoms with E-state index in [9.17, 15) is 14.9 Å². The molecule has 1 atom stereocenters. The number of nitrogens with one attached hydrogen (secondary N) is 1. The van der Waals surface area contributed by atoms with Gasteiger partial charge in [-0.05, 0) is 88.5 Å². The SMILES string of the molecule is CC(=O)c1cc(C#N)c(SCC(=O)NC(C)C23CC4CC(CC(C4)C2)C3)nc1C. The maximum atomic E-state index is 12.7. The fourth-order valence-electron chi connectivity index (χ4n) is 6.41. The molecule has 1 aromatic heterocycles. The van der Waals surface area contributed by atoms with Gasteiger partial charge < -0.3 is 5.32 Å². The summed E-state index contributed by atoms with van der Waals surface area (Å²) < 4.78 is 0. The van der Waals surface area contributed by atoms with E-state index in [0.717, 1.165) is 17.8 Å². The van der Waals surface area contributed by atoms with Gasteiger partial charge in [0.2, 0.25) is 5.91 Å². The summed E-state index contributed by atoms with van der Waals surface area (Å²) in [6.07, 6.45) is 7.98. The number of pyridine rings is 1. The van der Waals surface area contributed by atoms with E-state index in [1.54, 1.807) is 13.0 Å². The molecule has 29 heavy (non-hydrogen) atoms. The van der Waals surface area contributed by atoms with E-state index in [4.69, 9.17) is 0 Å². The van der Waals surface area contributed by atoms with Gasteiger partial charge in [-0.1, -0.05) is 11.8 Å². The molecule has 4 bridgehead atoms. The standard InChI is InChI=1S/C23H29N3O2S/c1-13-20(14(2)27)7-19(11-24)22(25-13)29-12-21(28)26-15(3)23-8-16-4-17(9-23)6-18(5-16)10-23/h7,15-18H,4-6,8-10,12H2,1-3H3,(H,26,28). The van der Waals surface area contributed by atoms with Crippen molar-refractivity contribution in [3.05, 3.63) is 22.9 Å². The second-order valence-corrected chi connectivity index (χ2v) is 10.5. The largest absolute Gasteiger partial charge is 0.352 e. The molecule has 1 unspecified atom stereocenters. The highest BCUT2D eigenvalue weighted by atomic mass is 32.2. The molecule has 4 aliphatic rings. The first-order valence-electron chi connectivity index (χ1n) is 10.6. The molecule has 4 saturated carbocycles. The summed E-state index contributed by atoms with van der Waals surface area (Å²) >= 11 is 1.28. The zero-order valence-corrected chi connectivity index (χ0v) is 18.3. The normalized spacial score (nSPS) is 30.6. The van der Waals surface area contributed by atoms with E-state index in [-0.39, 0.29) is 28.9 Å². The molecule has 0 saturated heterocycles. The molecular formula is C23H29N3O2S. The molecule has 0 radical (unpaired) electrons. The quantitative estimate of drug-likeness (QED) is 0.558. The van der Waals surface area contributed by atoms with Crippen LogP contribution in [0.2, 0.25) is 0 Å². The average Bonchev–Trinajstić information content (AvgIpc) is 2.65. The monoisotopic (exact) mass is 411 g/mol. The van der Waals surface area contributed by atoms with E-state index >= 15 is 0 Å². The number of aryl methyl sites for hydroxylation is 1. The number of hydrogen-bond donors (Lipinski definition) is 1. The van der Waals surface area contributed by atoms with Crippen molar-refractivity contribution in [2.45, 2.75) is 70.4 Å². The molecule has 5 nitrogen and oxygen atoms in total. The minimum absolute atomic E-state index is 0.00256. The maximum absolute atomic E-state index is 12.7. The molecule has 1 aromatic rings. The Balaban J connectivity index is 1.39. The number of rotatable bonds is 6. The molecule has 154 valence electrons. The summed E-state index contributed by atoms with van der Waals surface area (Å²) in [7, 11) is 0. The molecule has 0 aliphatic heterocycles. The Morgan fingerprint density at radius 3 is 2.38 bits per heavy atom. The van der Waals surface area contributed by atoms with Gasteiger partial charge in [-0.15, -0.1) is 0 Å². The zero-order chi connectivity index (χ0) is 20.8. The van der Waals surface area contributed by atoms with Crippen molar-refractivity contribution in [2.24, 2.45) is 23.2 Å². The van der Waals surface area contributed by atoms with Gasteiger partial charge in [0.15, 0.2) is 5.78 Å². The van der Waals surface area contributed by atoms with E-state index in [1.807, 2.05) is 0 Å². The number of carbonyl (C=O) groups is 2. The smallest absolute Gasteiger partial charge is 0.230 e. The Labute approximate surface area is 177 Å². The van der Waals surface area contributed by atoms with Crippen LogP contribution in [0.5, 0.6) is 0 Å². The Morgan fingerprint density at radius 2 is 1.86 bits per heavy atom. The van der Waals surface area contributed by atoms with Gasteiger partial charge in [0, 0.05) is 17.3 Å². The third-order valence-corrected chi connectivity index (χ3v) is 8.39. The van der Waals surface area contributed by atoms with Gasteiger partial charge in [-0.25, -0.2) is 4.98 Å². The van der Waals surface area contributed by atoms with Crippen molar-refractivity contribution < 1.29 is 9.59 Å². The highest BCUT2D eigenvalue weighted by molar-refractivity contribution is 8.00. The molecule has 6 heteroatoms. The van der Waals surface area contributed by atoms with Gasteiger partial charge in [0.25, 0.3) is 0 Å². The number of Topliss-reactive ketones (excluding diaryl/α,β-unsaturated/α-hetero) is 1. The summed E-state index contributed by atoms with van der Waals surface area (Å²) in [5.74, 6) is 2.71. The van der Waals surface area contributed by atoms with E-state index in [1.165, 1.54) is 57.2 Å². The van der Waals surface area contributed by atoms with E-state index in [2.05, 4.69) is 23.3 Å². The third-order valence-electron chi connectivity index (χ3n) is 7.40. The number of amides is 1. The number of nitriles is 1. The molecule has 0 spiro atoms. The lowest BCUT2D eigenvalue weighted by Gasteiger charge is -2.59. The van der Waals surface area contributed by atoms with E-state index < -0.39 is 0 Å². The summed E-state index contributed by atoms with van der Waals surface area (Å²) in [6, 6.07) is 3.88. The van der Waals surface area contributed by atoms with Gasteiger partial charge in [-0.2, -0.15) is 5.26 Å². The van der Waals surface area contributed by atoms with Gasteiger partial charge in [-0.3, -0.25) is 9.59 Å². The fraction of sp³-hybridized carbons (Fsp3) is 0.652. The van der Waals surface area contributed by atoms with Crippen molar-refractivity contribution in [1.29, 1.82) is 5.26 Å². The molecular weight excluding hydrogens is 382 g/mol. The summed E-state index contributed by atoms with van der Waals surface area (Å²) in [5, 5.41) is 13.2. The van der Waals surface area contributed by atoms with Crippen LogP contribution >= 0.6 is 11.8 Å². The molecule has 1 heterocycles. The van der Waals surface area contributed by atoms with Gasteiger partial charge in [0.1, 0.15) is 11.1 Å². The summed E-state index contributed by atoms with van der Waals surface area (Å²) in [4.78, 5) is 28.8. The fourth-order valence-corrected chi connectivity index (χ4v) is 7.22. The lowest BCUT2D eigenvalue weighted by atomic mass is 9.48. The molecule has 4 fully saturated rings. The summed E-state index contributed by atoms with van der Waals surface area (Å²) in [5.41, 5.74) is 1.70. The van der Waals surface area contributed by atoms with Crippen LogP contribution in [0.1, 0.15) is 74.0 Å². The first kappa shape index (κ1) is 20.4. The van der Waals surface area contributed by atoms with Gasteiger partial charge >= 0.3 is 0 Å². The first-order valence-corrected chi connectivity index (χ1v) is 11.6. The van der Waals surface area contributed by atoms with Crippen molar-refractivity contribution in [2.75, 3.05) is 5.75 Å². The van der Waals surface area contributed by atoms with Crippen LogP contribution in [-0.4, -0.2) is 28.5 Å². The van der Waals surface area contributed by atoms with Crippen molar-refractivity contribution in [3.8, 4) is 6.07 Å². The lowest BCUT2D eigenvalue weighted by Crippen LogP contribution is -2.56. The summed E-state index contributed by atoms with van der Waals surface area (Å²) in [6.45, 7) is 5.41. The van der Waals surface area contributed by atoms with Crippen molar-refractivity contribution in [3.63, 3.8) is 0 Å². The highest BCUT2D eigenvalue weighted by Crippen LogP contribution is 2.61. The van der Waals surface area contributed by atoms with Gasteiger partial charge in [0.05, 0.1) is 11.3 Å². The van der Waals surface area contributed by atoms with Crippen LogP contribution in [0.3, 0.4) is 0 Å². The number of hydrogen-bond acceptors (Lipinski definition) is 5. The molecule has 0 aromatic carbocycles. The second kappa shape index (κ2) is 7.75. The Kier molecular flexibility index (Phi) is 5.46. The minimum atomic E-state index is -0.106. The predicted molar refractivity (Wildman–Crippen MR) is 113 cm³/mol. The van der Waals surface area contributed by atoms with Crippen LogP contribution in [0.4, 0.5) is 0 Å². The maximum Gasteiger partial charge on any atom is 0.230 e. The molecule has 4 aliphatic carbocycles. The second-order valence-electron chi connectivity index (χ2n) is 9.50. The first-order chi connectivity index (χ1) is 13.8. The van der Waals surface area contributed by atoms with Crippen LogP contribution in [0.25, 0.3) is 0 Å². The lowest BCUT2D eigenvalue weighted by molar-refractivity contribution is -0.123. The molecule has 5 rings (SSSR count). The van der Waals surface area contributed by atoms with Crippen LogP contribution < -0.4 is 5.32 Å². The Morgan fingerprint density at radius 1 is 1.28 bits per heavy atom. The highest BCUT2D eigenvalue weighted by Gasteiger charge is 2.53. The van der Waals surface area contributed by atoms with Crippen LogP contribution in [0, 0.1) is 41.4 Å². The number of aromatic nitrogens is 1. The topological polar surface area (TPSA) is 82.8 Å². The zero-order valence-electron chi connectivity index (χ0n) is 17.5. The van der Waals surface area contributed by atoms with Crippen LogP contribution in [-0.2, 0) is 4.79 Å². The predicted octanol–water partition coefficient (Wildman–Crippen LogP) is 4.28. The Bertz CT molecular complexity index is 854. The molecule has 1 N–H and O–H groups in total. The van der Waals surface area contributed by atoms with Crippen molar-refractivity contribution in [1.82, 2.24) is 10.3 Å². The third kappa shape index (κ3) is 3.94. The number of carbonyl (C=O) groups excluding carboxylic acids is 2. The average molecular weight is 412 g/mol. The van der Waals surface area contributed by atoms with E-state index in [0.29, 0.717) is 21.8 Å². The van der Waals surface area contributed by atoms with Crippen LogP contribution in [0.15, 0.2) is 11.1 Å². The number of nitrogens with zero attached hydrogens (tertiary/aromatic N) is 2. The minimum Gasteiger partial charge on any atom is -0.352 e. The molecule has 1 amide bonds.